The average Bonchev–Trinajstić information content (AvgIpc) is 3.13. The first-order chi connectivity index (χ1) is 12.9. The van der Waals surface area contributed by atoms with E-state index in [0.717, 1.165) is 21.2 Å². The number of aromatic nitrogens is 2. The van der Waals surface area contributed by atoms with Crippen molar-refractivity contribution in [1.29, 1.82) is 0 Å². The quantitative estimate of drug-likeness (QED) is 0.522. The molecule has 1 aliphatic heterocycles. The lowest BCUT2D eigenvalue weighted by Crippen LogP contribution is -1.83. The van der Waals surface area contributed by atoms with Crippen LogP contribution in [0.3, 0.4) is 0 Å². The maximum atomic E-state index is 4.26. The highest BCUT2D eigenvalue weighted by atomic mass is 32.2. The fourth-order valence-electron chi connectivity index (χ4n) is 2.20. The normalized spacial score (nSPS) is 11.6. The fourth-order valence-corrected chi connectivity index (χ4v) is 4.59. The lowest BCUT2D eigenvalue weighted by atomic mass is 10.2. The summed E-state index contributed by atoms with van der Waals surface area (Å²) in [6.45, 7) is 0. The summed E-state index contributed by atoms with van der Waals surface area (Å²) in [6, 6.07) is 19.7. The molecule has 1 aliphatic rings. The Morgan fingerprint density at radius 2 is 1.15 bits per heavy atom. The van der Waals surface area contributed by atoms with Gasteiger partial charge in [0, 0.05) is 22.2 Å². The summed E-state index contributed by atoms with van der Waals surface area (Å²) < 4.78 is 1.10. The fraction of sp³-hybridized carbons (Fsp3) is 0. The Kier molecular flexibility index (Phi) is 5.07. The van der Waals surface area contributed by atoms with E-state index >= 15 is 0 Å². The highest BCUT2D eigenvalue weighted by molar-refractivity contribution is 8.24. The summed E-state index contributed by atoms with van der Waals surface area (Å²) in [4.78, 5) is 11.0. The highest BCUT2D eigenvalue weighted by Crippen LogP contribution is 2.51. The first-order valence-electron chi connectivity index (χ1n) is 7.93. The number of hydrogen-bond acceptors (Lipinski definition) is 4. The van der Waals surface area contributed by atoms with Crippen LogP contribution in [0.5, 0.6) is 0 Å². The Morgan fingerprint density at radius 3 is 1.62 bits per heavy atom. The van der Waals surface area contributed by atoms with Gasteiger partial charge in [0.2, 0.25) is 0 Å². The van der Waals surface area contributed by atoms with E-state index < -0.39 is 0 Å². The lowest BCUT2D eigenvalue weighted by molar-refractivity contribution is 1.27. The van der Waals surface area contributed by atoms with Crippen molar-refractivity contribution in [3.63, 3.8) is 0 Å². The standard InChI is InChI=1S/C22H12N2S2/c1-2-10-21-20(9-1)25-22(26-21)17(11-13-18-7-3-5-15-23-18)12-14-19-8-4-6-16-24-19/h1-10,15-16H. The van der Waals surface area contributed by atoms with Crippen molar-refractivity contribution in [2.75, 3.05) is 0 Å². The van der Waals surface area contributed by atoms with Crippen LogP contribution < -0.4 is 0 Å². The largest absolute Gasteiger partial charge is 0.248 e. The monoisotopic (exact) mass is 368 g/mol. The number of fused-ring (bicyclic) bond motifs is 1. The van der Waals surface area contributed by atoms with Gasteiger partial charge in [0.1, 0.15) is 11.4 Å². The number of nitrogens with zero attached hydrogens (tertiary/aromatic N) is 2. The molecular formula is C22H12N2S2. The van der Waals surface area contributed by atoms with Crippen molar-refractivity contribution in [1.82, 2.24) is 9.97 Å². The molecule has 4 heteroatoms. The molecule has 3 heterocycles. The van der Waals surface area contributed by atoms with Gasteiger partial charge in [-0.2, -0.15) is 0 Å². The van der Waals surface area contributed by atoms with Crippen LogP contribution in [0.15, 0.2) is 92.7 Å². The molecule has 2 nitrogen and oxygen atoms in total. The van der Waals surface area contributed by atoms with Crippen LogP contribution in [0.4, 0.5) is 0 Å². The summed E-state index contributed by atoms with van der Waals surface area (Å²) in [5.41, 5.74) is 2.26. The number of allylic oxidation sites excluding steroid dienone is 1. The highest BCUT2D eigenvalue weighted by Gasteiger charge is 2.19. The second-order valence-corrected chi connectivity index (χ2v) is 7.61. The SMILES string of the molecule is C(#Cc1ccccn1)C(C#Cc1ccccn1)=C1Sc2ccccc2S1. The topological polar surface area (TPSA) is 25.8 Å². The van der Waals surface area contributed by atoms with Crippen LogP contribution in [-0.2, 0) is 0 Å². The Morgan fingerprint density at radius 1 is 0.654 bits per heavy atom. The van der Waals surface area contributed by atoms with Crippen LogP contribution in [-0.4, -0.2) is 9.97 Å². The van der Waals surface area contributed by atoms with E-state index in [1.807, 2.05) is 48.5 Å². The first-order valence-corrected chi connectivity index (χ1v) is 9.57. The Hall–Kier alpha value is -2.92. The second-order valence-electron chi connectivity index (χ2n) is 5.24. The van der Waals surface area contributed by atoms with Gasteiger partial charge in [0.15, 0.2) is 0 Å². The zero-order valence-corrected chi connectivity index (χ0v) is 15.3. The molecule has 0 spiro atoms. The Bertz CT molecular complexity index is 996. The van der Waals surface area contributed by atoms with Gasteiger partial charge in [-0.15, -0.1) is 0 Å². The molecule has 0 bridgehead atoms. The van der Waals surface area contributed by atoms with Gasteiger partial charge in [0.05, 0.1) is 9.81 Å². The van der Waals surface area contributed by atoms with Gasteiger partial charge in [-0.25, -0.2) is 9.97 Å². The molecule has 4 rings (SSSR count). The third-order valence-corrected chi connectivity index (χ3v) is 5.98. The number of pyridine rings is 2. The number of rotatable bonds is 0. The number of benzene rings is 1. The molecule has 0 unspecified atom stereocenters. The molecule has 0 N–H and O–H groups in total. The Balaban J connectivity index is 1.73. The summed E-state index contributed by atoms with van der Waals surface area (Å²) >= 11 is 3.42. The van der Waals surface area contributed by atoms with Gasteiger partial charge in [-0.05, 0) is 60.1 Å². The maximum Gasteiger partial charge on any atom is 0.113 e. The zero-order valence-electron chi connectivity index (χ0n) is 13.6. The van der Waals surface area contributed by atoms with Gasteiger partial charge in [0.25, 0.3) is 0 Å². The van der Waals surface area contributed by atoms with E-state index in [9.17, 15) is 0 Å². The zero-order chi connectivity index (χ0) is 17.6. The first kappa shape index (κ1) is 16.5. The van der Waals surface area contributed by atoms with Crippen LogP contribution in [0.25, 0.3) is 0 Å². The molecule has 0 aliphatic carbocycles. The number of hydrogen-bond donors (Lipinski definition) is 0. The molecule has 2 aromatic heterocycles. The van der Waals surface area contributed by atoms with Gasteiger partial charge in [-0.1, -0.05) is 47.8 Å². The van der Waals surface area contributed by atoms with Gasteiger partial charge >= 0.3 is 0 Å². The van der Waals surface area contributed by atoms with E-state index in [1.165, 1.54) is 9.79 Å². The molecule has 122 valence electrons. The van der Waals surface area contributed by atoms with Crippen LogP contribution in [0.1, 0.15) is 11.4 Å². The minimum Gasteiger partial charge on any atom is -0.248 e. The molecular weight excluding hydrogens is 356 g/mol. The summed E-state index contributed by atoms with van der Waals surface area (Å²) in [6.07, 6.45) is 3.48. The lowest BCUT2D eigenvalue weighted by Gasteiger charge is -1.95. The van der Waals surface area contributed by atoms with Crippen LogP contribution >= 0.6 is 23.5 Å². The average molecular weight is 368 g/mol. The van der Waals surface area contributed by atoms with Gasteiger partial charge < -0.3 is 0 Å². The summed E-state index contributed by atoms with van der Waals surface area (Å²) in [7, 11) is 0. The minimum atomic E-state index is 0.732. The van der Waals surface area contributed by atoms with Crippen molar-refractivity contribution in [2.24, 2.45) is 0 Å². The molecule has 0 atom stereocenters. The maximum absolute atomic E-state index is 4.26. The van der Waals surface area contributed by atoms with Crippen molar-refractivity contribution in [3.8, 4) is 23.7 Å². The Labute approximate surface area is 161 Å². The van der Waals surface area contributed by atoms with E-state index in [0.29, 0.717) is 0 Å². The van der Waals surface area contributed by atoms with Crippen LogP contribution in [0.2, 0.25) is 0 Å². The molecule has 0 amide bonds. The van der Waals surface area contributed by atoms with E-state index in [-0.39, 0.29) is 0 Å². The van der Waals surface area contributed by atoms with E-state index in [2.05, 4.69) is 45.8 Å². The third-order valence-electron chi connectivity index (χ3n) is 3.42. The van der Waals surface area contributed by atoms with E-state index in [1.54, 1.807) is 35.9 Å². The van der Waals surface area contributed by atoms with Crippen molar-refractivity contribution in [3.05, 3.63) is 94.3 Å². The van der Waals surface area contributed by atoms with Gasteiger partial charge in [-0.3, -0.25) is 0 Å². The third kappa shape index (κ3) is 4.00. The molecule has 0 radical (unpaired) electrons. The van der Waals surface area contributed by atoms with E-state index in [4.69, 9.17) is 0 Å². The molecule has 1 aromatic carbocycles. The molecule has 3 aromatic rings. The predicted molar refractivity (Wildman–Crippen MR) is 107 cm³/mol. The van der Waals surface area contributed by atoms with Crippen molar-refractivity contribution < 1.29 is 0 Å². The molecule has 26 heavy (non-hydrogen) atoms. The smallest absolute Gasteiger partial charge is 0.113 e. The van der Waals surface area contributed by atoms with Crippen LogP contribution in [0, 0.1) is 23.7 Å². The summed E-state index contributed by atoms with van der Waals surface area (Å²) in [5.74, 6) is 12.6. The number of thioether (sulfide) groups is 2. The predicted octanol–water partition coefficient (Wildman–Crippen LogP) is 4.99. The molecule has 0 saturated carbocycles. The summed E-state index contributed by atoms with van der Waals surface area (Å²) in [5, 5.41) is 0. The van der Waals surface area contributed by atoms with Crippen molar-refractivity contribution in [2.45, 2.75) is 9.79 Å². The minimum absolute atomic E-state index is 0.732. The molecule has 0 fully saturated rings. The molecule has 0 saturated heterocycles. The second kappa shape index (κ2) is 7.97. The van der Waals surface area contributed by atoms with Crippen molar-refractivity contribution >= 4 is 23.5 Å².